The number of carbonyl (C=O) groups excluding carboxylic acids is 3. The molecule has 0 saturated carbocycles. The largest absolute Gasteiger partial charge is 0.465 e. The van der Waals surface area contributed by atoms with Gasteiger partial charge in [-0.05, 0) is 48.0 Å². The van der Waals surface area contributed by atoms with Crippen molar-refractivity contribution >= 4 is 40.8 Å². The highest BCUT2D eigenvalue weighted by molar-refractivity contribution is 6.31. The quantitative estimate of drug-likeness (QED) is 0.246. The average Bonchev–Trinajstić information content (AvgIpc) is 2.88. The molecule has 1 atom stereocenters. The maximum Gasteiger partial charge on any atom is 0.418 e. The minimum absolute atomic E-state index is 0.00794. The SMILES string of the molecule is C=C(NC(Cc1ccccc1)C(=O)Nc1ccc(C(=O)OC)cc1)C(=O)Nc1cc(Cl)ccc1C(F)(F)F. The van der Waals surface area contributed by atoms with Crippen LogP contribution in [0.1, 0.15) is 21.5 Å². The summed E-state index contributed by atoms with van der Waals surface area (Å²) in [5, 5.41) is 7.54. The highest BCUT2D eigenvalue weighted by Crippen LogP contribution is 2.36. The van der Waals surface area contributed by atoms with Gasteiger partial charge in [-0.2, -0.15) is 13.2 Å². The Kier molecular flexibility index (Phi) is 9.14. The predicted molar refractivity (Wildman–Crippen MR) is 138 cm³/mol. The summed E-state index contributed by atoms with van der Waals surface area (Å²) in [4.78, 5) is 37.5. The number of amides is 2. The fourth-order valence-corrected chi connectivity index (χ4v) is 3.61. The third-order valence-corrected chi connectivity index (χ3v) is 5.57. The summed E-state index contributed by atoms with van der Waals surface area (Å²) in [5.41, 5.74) is -0.566. The maximum absolute atomic E-state index is 13.4. The van der Waals surface area contributed by atoms with E-state index in [9.17, 15) is 27.6 Å². The van der Waals surface area contributed by atoms with Crippen LogP contribution in [0.2, 0.25) is 5.02 Å². The van der Waals surface area contributed by atoms with Crippen LogP contribution in [0.5, 0.6) is 0 Å². The van der Waals surface area contributed by atoms with Crippen molar-refractivity contribution in [1.82, 2.24) is 5.32 Å². The first kappa shape index (κ1) is 28.3. The highest BCUT2D eigenvalue weighted by Gasteiger charge is 2.34. The summed E-state index contributed by atoms with van der Waals surface area (Å²) < 4.78 is 44.8. The van der Waals surface area contributed by atoms with Crippen molar-refractivity contribution in [3.63, 3.8) is 0 Å². The number of esters is 1. The van der Waals surface area contributed by atoms with Gasteiger partial charge >= 0.3 is 12.1 Å². The number of hydrogen-bond acceptors (Lipinski definition) is 5. The van der Waals surface area contributed by atoms with Crippen LogP contribution in [-0.2, 0) is 26.9 Å². The van der Waals surface area contributed by atoms with Gasteiger partial charge in [-0.15, -0.1) is 0 Å². The van der Waals surface area contributed by atoms with E-state index in [1.165, 1.54) is 31.4 Å². The highest BCUT2D eigenvalue weighted by atomic mass is 35.5. The number of alkyl halides is 3. The van der Waals surface area contributed by atoms with Crippen LogP contribution in [0.3, 0.4) is 0 Å². The third-order valence-electron chi connectivity index (χ3n) is 5.33. The molecule has 0 aliphatic heterocycles. The van der Waals surface area contributed by atoms with Crippen LogP contribution in [0.15, 0.2) is 85.1 Å². The Morgan fingerprint density at radius 2 is 1.63 bits per heavy atom. The predicted octanol–water partition coefficient (Wildman–Crippen LogP) is 5.44. The first-order valence-corrected chi connectivity index (χ1v) is 11.5. The van der Waals surface area contributed by atoms with Gasteiger partial charge in [-0.1, -0.05) is 48.5 Å². The van der Waals surface area contributed by atoms with Crippen LogP contribution >= 0.6 is 11.6 Å². The standard InChI is InChI=1S/C27H23ClF3N3O4/c1-16(24(35)34-22-15-19(28)10-13-21(22)27(29,30)31)32-23(14-17-6-4-3-5-7-17)25(36)33-20-11-8-18(9-12-20)26(37)38-2/h3-13,15,23,32H,1,14H2,2H3,(H,33,36)(H,34,35). The van der Waals surface area contributed by atoms with E-state index in [0.717, 1.165) is 23.8 Å². The van der Waals surface area contributed by atoms with Crippen LogP contribution in [-0.4, -0.2) is 30.9 Å². The molecule has 0 heterocycles. The van der Waals surface area contributed by atoms with Crippen LogP contribution in [0.4, 0.5) is 24.5 Å². The molecule has 3 aromatic carbocycles. The molecule has 3 rings (SSSR count). The number of carbonyl (C=O) groups is 3. The van der Waals surface area contributed by atoms with Gasteiger partial charge in [0.15, 0.2) is 0 Å². The lowest BCUT2D eigenvalue weighted by atomic mass is 10.0. The minimum Gasteiger partial charge on any atom is -0.465 e. The number of methoxy groups -OCH3 is 1. The van der Waals surface area contributed by atoms with Gasteiger partial charge in [0, 0.05) is 17.1 Å². The average molecular weight is 546 g/mol. The molecule has 11 heteroatoms. The van der Waals surface area contributed by atoms with E-state index in [0.29, 0.717) is 5.69 Å². The molecule has 1 unspecified atom stereocenters. The summed E-state index contributed by atoms with van der Waals surface area (Å²) in [6.45, 7) is 3.61. The van der Waals surface area contributed by atoms with Crippen LogP contribution in [0.25, 0.3) is 0 Å². The lowest BCUT2D eigenvalue weighted by molar-refractivity contribution is -0.137. The molecule has 38 heavy (non-hydrogen) atoms. The fourth-order valence-electron chi connectivity index (χ4n) is 3.44. The Labute approximate surface area is 221 Å². The second-order valence-corrected chi connectivity index (χ2v) is 8.50. The Morgan fingerprint density at radius 3 is 2.24 bits per heavy atom. The van der Waals surface area contributed by atoms with Crippen molar-refractivity contribution in [3.05, 3.63) is 107 Å². The van der Waals surface area contributed by atoms with Gasteiger partial charge in [-0.25, -0.2) is 4.79 Å². The zero-order valence-corrected chi connectivity index (χ0v) is 20.8. The number of anilines is 2. The van der Waals surface area contributed by atoms with Crippen molar-refractivity contribution in [3.8, 4) is 0 Å². The molecule has 0 fully saturated rings. The first-order valence-electron chi connectivity index (χ1n) is 11.1. The van der Waals surface area contributed by atoms with Crippen LogP contribution in [0, 0.1) is 0 Å². The minimum atomic E-state index is -4.74. The normalized spacial score (nSPS) is 11.7. The Bertz CT molecular complexity index is 1330. The summed E-state index contributed by atoms with van der Waals surface area (Å²) in [5.74, 6) is -2.07. The molecule has 2 amide bonds. The molecule has 0 bridgehead atoms. The van der Waals surface area contributed by atoms with Crippen molar-refractivity contribution in [1.29, 1.82) is 0 Å². The van der Waals surface area contributed by atoms with Crippen molar-refractivity contribution in [2.75, 3.05) is 17.7 Å². The summed E-state index contributed by atoms with van der Waals surface area (Å²) >= 11 is 5.82. The van der Waals surface area contributed by atoms with E-state index in [2.05, 4.69) is 27.3 Å². The van der Waals surface area contributed by atoms with Gasteiger partial charge in [0.1, 0.15) is 6.04 Å². The van der Waals surface area contributed by atoms with Crippen molar-refractivity contribution in [2.24, 2.45) is 0 Å². The number of ether oxygens (including phenoxy) is 1. The van der Waals surface area contributed by atoms with E-state index in [-0.39, 0.29) is 22.7 Å². The summed E-state index contributed by atoms with van der Waals surface area (Å²) in [6, 6.07) is 16.6. The van der Waals surface area contributed by atoms with Gasteiger partial charge in [-0.3, -0.25) is 9.59 Å². The monoisotopic (exact) mass is 545 g/mol. The van der Waals surface area contributed by atoms with Gasteiger partial charge in [0.05, 0.1) is 29.6 Å². The van der Waals surface area contributed by atoms with Crippen molar-refractivity contribution in [2.45, 2.75) is 18.6 Å². The van der Waals surface area contributed by atoms with Crippen LogP contribution < -0.4 is 16.0 Å². The maximum atomic E-state index is 13.4. The van der Waals surface area contributed by atoms with Gasteiger partial charge < -0.3 is 20.7 Å². The Morgan fingerprint density at radius 1 is 0.974 bits per heavy atom. The molecule has 0 spiro atoms. The number of hydrogen-bond donors (Lipinski definition) is 3. The Balaban J connectivity index is 1.78. The van der Waals surface area contributed by atoms with E-state index < -0.39 is 41.3 Å². The van der Waals surface area contributed by atoms with E-state index in [1.807, 2.05) is 0 Å². The first-order chi connectivity index (χ1) is 18.0. The molecule has 3 aromatic rings. The molecule has 0 radical (unpaired) electrons. The number of nitrogens with one attached hydrogen (secondary N) is 3. The molecule has 0 aliphatic carbocycles. The molecule has 0 aliphatic rings. The summed E-state index contributed by atoms with van der Waals surface area (Å²) in [6.07, 6.45) is -4.61. The van der Waals surface area contributed by atoms with Gasteiger partial charge in [0.25, 0.3) is 5.91 Å². The number of halogens is 4. The lowest BCUT2D eigenvalue weighted by Crippen LogP contribution is -2.43. The number of rotatable bonds is 9. The molecular weight excluding hydrogens is 523 g/mol. The second kappa shape index (κ2) is 12.3. The molecule has 0 aromatic heterocycles. The number of benzene rings is 3. The summed E-state index contributed by atoms with van der Waals surface area (Å²) in [7, 11) is 1.25. The zero-order valence-electron chi connectivity index (χ0n) is 20.1. The third kappa shape index (κ3) is 7.59. The van der Waals surface area contributed by atoms with Crippen molar-refractivity contribution < 1.29 is 32.3 Å². The topological polar surface area (TPSA) is 96.5 Å². The lowest BCUT2D eigenvalue weighted by Gasteiger charge is -2.21. The van der Waals surface area contributed by atoms with E-state index in [4.69, 9.17) is 11.6 Å². The fraction of sp³-hybridized carbons (Fsp3) is 0.148. The Hall–Kier alpha value is -4.31. The molecular formula is C27H23ClF3N3O4. The molecule has 3 N–H and O–H groups in total. The van der Waals surface area contributed by atoms with Gasteiger partial charge in [0.2, 0.25) is 5.91 Å². The molecule has 0 saturated heterocycles. The zero-order chi connectivity index (χ0) is 27.9. The molecule has 198 valence electrons. The molecule has 7 nitrogen and oxygen atoms in total. The van der Waals surface area contributed by atoms with E-state index >= 15 is 0 Å². The van der Waals surface area contributed by atoms with E-state index in [1.54, 1.807) is 30.3 Å². The second-order valence-electron chi connectivity index (χ2n) is 8.07. The smallest absolute Gasteiger partial charge is 0.418 e.